The van der Waals surface area contributed by atoms with Crippen LogP contribution in [0.15, 0.2) is 48.9 Å². The van der Waals surface area contributed by atoms with Crippen LogP contribution in [0.2, 0.25) is 0 Å². The molecule has 2 aromatic heterocycles. The number of carbonyl (C=O) groups is 1. The van der Waals surface area contributed by atoms with Gasteiger partial charge in [-0.25, -0.2) is 4.98 Å². The Morgan fingerprint density at radius 2 is 2.16 bits per heavy atom. The molecule has 1 aromatic carbocycles. The molecule has 0 bridgehead atoms. The van der Waals surface area contributed by atoms with Crippen LogP contribution in [-0.4, -0.2) is 38.4 Å². The Hall–Kier alpha value is -2.69. The molecule has 1 aliphatic rings. The minimum atomic E-state index is 0.121. The monoisotopic (exact) mass is 334 g/mol. The van der Waals surface area contributed by atoms with E-state index in [-0.39, 0.29) is 5.91 Å². The molecule has 0 N–H and O–H groups in total. The van der Waals surface area contributed by atoms with Gasteiger partial charge in [0, 0.05) is 56.1 Å². The Morgan fingerprint density at radius 3 is 3.00 bits per heavy atom. The molecule has 3 aromatic rings. The molecule has 0 spiro atoms. The van der Waals surface area contributed by atoms with E-state index in [1.54, 1.807) is 6.20 Å². The van der Waals surface area contributed by atoms with Crippen molar-refractivity contribution in [3.8, 4) is 0 Å². The molecule has 5 nitrogen and oxygen atoms in total. The molecule has 5 heteroatoms. The van der Waals surface area contributed by atoms with Crippen LogP contribution in [0.1, 0.15) is 29.0 Å². The van der Waals surface area contributed by atoms with Gasteiger partial charge in [0.15, 0.2) is 0 Å². The molecule has 1 atom stereocenters. The highest BCUT2D eigenvalue weighted by molar-refractivity contribution is 5.98. The van der Waals surface area contributed by atoms with E-state index in [2.05, 4.69) is 14.5 Å². The first kappa shape index (κ1) is 15.8. The molecule has 4 rings (SSSR count). The SMILES string of the molecule is Cn1ccnc1CC1CCCN(C(=O)c2ccc3ncccc3c2)C1. The Balaban J connectivity index is 1.49. The van der Waals surface area contributed by atoms with Gasteiger partial charge in [0.1, 0.15) is 5.82 Å². The summed E-state index contributed by atoms with van der Waals surface area (Å²) in [6.45, 7) is 1.64. The third-order valence-electron chi connectivity index (χ3n) is 5.05. The summed E-state index contributed by atoms with van der Waals surface area (Å²) in [5.74, 6) is 1.69. The second kappa shape index (κ2) is 6.67. The number of benzene rings is 1. The molecular formula is C20H22N4O. The quantitative estimate of drug-likeness (QED) is 0.740. The van der Waals surface area contributed by atoms with Gasteiger partial charge < -0.3 is 9.47 Å². The smallest absolute Gasteiger partial charge is 0.253 e. The lowest BCUT2D eigenvalue weighted by Crippen LogP contribution is -2.40. The highest BCUT2D eigenvalue weighted by Gasteiger charge is 2.25. The van der Waals surface area contributed by atoms with Crippen LogP contribution in [0, 0.1) is 5.92 Å². The summed E-state index contributed by atoms with van der Waals surface area (Å²) in [5, 5.41) is 1.01. The van der Waals surface area contributed by atoms with E-state index in [0.717, 1.165) is 54.6 Å². The van der Waals surface area contributed by atoms with Crippen LogP contribution in [0.5, 0.6) is 0 Å². The predicted octanol–water partition coefficient (Wildman–Crippen LogP) is 3.06. The predicted molar refractivity (Wildman–Crippen MR) is 97.3 cm³/mol. The van der Waals surface area contributed by atoms with E-state index in [1.165, 1.54) is 0 Å². The molecule has 128 valence electrons. The molecule has 0 aliphatic carbocycles. The minimum absolute atomic E-state index is 0.121. The molecule has 25 heavy (non-hydrogen) atoms. The summed E-state index contributed by atoms with van der Waals surface area (Å²) in [6, 6.07) is 9.67. The van der Waals surface area contributed by atoms with Gasteiger partial charge in [0.05, 0.1) is 5.52 Å². The highest BCUT2D eigenvalue weighted by Crippen LogP contribution is 2.23. The largest absolute Gasteiger partial charge is 0.338 e. The minimum Gasteiger partial charge on any atom is -0.338 e. The van der Waals surface area contributed by atoms with Gasteiger partial charge in [-0.1, -0.05) is 6.07 Å². The second-order valence-corrected chi connectivity index (χ2v) is 6.83. The van der Waals surface area contributed by atoms with E-state index in [4.69, 9.17) is 0 Å². The topological polar surface area (TPSA) is 51.0 Å². The van der Waals surface area contributed by atoms with Crippen LogP contribution < -0.4 is 0 Å². The number of fused-ring (bicyclic) bond motifs is 1. The fourth-order valence-electron chi connectivity index (χ4n) is 3.66. The molecule has 1 fully saturated rings. The first-order chi connectivity index (χ1) is 12.2. The number of carbonyl (C=O) groups excluding carboxylic acids is 1. The third kappa shape index (κ3) is 3.27. The van der Waals surface area contributed by atoms with Crippen LogP contribution in [0.25, 0.3) is 10.9 Å². The second-order valence-electron chi connectivity index (χ2n) is 6.83. The zero-order valence-corrected chi connectivity index (χ0v) is 14.4. The average Bonchev–Trinajstić information content (AvgIpc) is 3.05. The Kier molecular flexibility index (Phi) is 4.22. The van der Waals surface area contributed by atoms with Gasteiger partial charge in [-0.3, -0.25) is 9.78 Å². The zero-order chi connectivity index (χ0) is 17.2. The number of likely N-dealkylation sites (tertiary alicyclic amines) is 1. The van der Waals surface area contributed by atoms with Crippen molar-refractivity contribution in [2.24, 2.45) is 13.0 Å². The van der Waals surface area contributed by atoms with Crippen molar-refractivity contribution < 1.29 is 4.79 Å². The lowest BCUT2D eigenvalue weighted by molar-refractivity contribution is 0.0672. The van der Waals surface area contributed by atoms with E-state index in [9.17, 15) is 4.79 Å². The summed E-state index contributed by atoms with van der Waals surface area (Å²) in [6.07, 6.45) is 8.72. The van der Waals surface area contributed by atoms with Gasteiger partial charge in [0.2, 0.25) is 0 Å². The standard InChI is InChI=1S/C20H22N4O/c1-23-11-9-22-19(23)12-15-4-3-10-24(14-15)20(25)17-6-7-18-16(13-17)5-2-8-21-18/h2,5-9,11,13,15H,3-4,10,12,14H2,1H3. The van der Waals surface area contributed by atoms with Crippen LogP contribution in [0.3, 0.4) is 0 Å². The van der Waals surface area contributed by atoms with E-state index < -0.39 is 0 Å². The van der Waals surface area contributed by atoms with E-state index in [1.807, 2.05) is 54.7 Å². The number of hydrogen-bond donors (Lipinski definition) is 0. The van der Waals surface area contributed by atoms with E-state index in [0.29, 0.717) is 5.92 Å². The van der Waals surface area contributed by atoms with E-state index >= 15 is 0 Å². The number of hydrogen-bond acceptors (Lipinski definition) is 3. The molecule has 1 unspecified atom stereocenters. The number of pyridine rings is 1. The molecular weight excluding hydrogens is 312 g/mol. The first-order valence-electron chi connectivity index (χ1n) is 8.81. The number of aromatic nitrogens is 3. The maximum Gasteiger partial charge on any atom is 0.253 e. The summed E-state index contributed by atoms with van der Waals surface area (Å²) in [7, 11) is 2.02. The van der Waals surface area contributed by atoms with Crippen LogP contribution in [0.4, 0.5) is 0 Å². The number of rotatable bonds is 3. The number of aryl methyl sites for hydroxylation is 1. The fourth-order valence-corrected chi connectivity index (χ4v) is 3.66. The average molecular weight is 334 g/mol. The first-order valence-corrected chi connectivity index (χ1v) is 8.81. The molecule has 0 saturated carbocycles. The van der Waals surface area contributed by atoms with Gasteiger partial charge in [-0.2, -0.15) is 0 Å². The van der Waals surface area contributed by atoms with Crippen molar-refractivity contribution in [1.82, 2.24) is 19.4 Å². The Morgan fingerprint density at radius 1 is 1.24 bits per heavy atom. The summed E-state index contributed by atoms with van der Waals surface area (Å²) >= 11 is 0. The number of amides is 1. The van der Waals surface area contributed by atoms with Gasteiger partial charge >= 0.3 is 0 Å². The Bertz CT molecular complexity index is 901. The number of nitrogens with zero attached hydrogens (tertiary/aromatic N) is 4. The summed E-state index contributed by atoms with van der Waals surface area (Å²) < 4.78 is 2.07. The molecule has 1 aliphatic heterocycles. The van der Waals surface area contributed by atoms with Crippen LogP contribution in [-0.2, 0) is 13.5 Å². The lowest BCUT2D eigenvalue weighted by atomic mass is 9.94. The summed E-state index contributed by atoms with van der Waals surface area (Å²) in [5.41, 5.74) is 1.67. The normalized spacial score (nSPS) is 17.8. The number of imidazole rings is 1. The highest BCUT2D eigenvalue weighted by atomic mass is 16.2. The molecule has 0 radical (unpaired) electrons. The summed E-state index contributed by atoms with van der Waals surface area (Å²) in [4.78, 5) is 23.7. The molecule has 1 saturated heterocycles. The fraction of sp³-hybridized carbons (Fsp3) is 0.350. The van der Waals surface area contributed by atoms with Crippen LogP contribution >= 0.6 is 0 Å². The van der Waals surface area contributed by atoms with Crippen molar-refractivity contribution >= 4 is 16.8 Å². The molecule has 1 amide bonds. The van der Waals surface area contributed by atoms with Gasteiger partial charge in [-0.15, -0.1) is 0 Å². The third-order valence-corrected chi connectivity index (χ3v) is 5.05. The number of piperidine rings is 1. The Labute approximate surface area is 147 Å². The molecule has 3 heterocycles. The van der Waals surface area contributed by atoms with Gasteiger partial charge in [-0.05, 0) is 43.0 Å². The van der Waals surface area contributed by atoms with Crippen molar-refractivity contribution in [3.05, 3.63) is 60.3 Å². The van der Waals surface area contributed by atoms with Crippen molar-refractivity contribution in [3.63, 3.8) is 0 Å². The maximum absolute atomic E-state index is 12.9. The zero-order valence-electron chi connectivity index (χ0n) is 14.4. The van der Waals surface area contributed by atoms with Gasteiger partial charge in [0.25, 0.3) is 5.91 Å². The van der Waals surface area contributed by atoms with Crippen molar-refractivity contribution in [2.75, 3.05) is 13.1 Å². The van der Waals surface area contributed by atoms with Crippen molar-refractivity contribution in [1.29, 1.82) is 0 Å². The van der Waals surface area contributed by atoms with Crippen molar-refractivity contribution in [2.45, 2.75) is 19.3 Å². The maximum atomic E-state index is 12.9. The lowest BCUT2D eigenvalue weighted by Gasteiger charge is -2.32.